The Balaban J connectivity index is 2.61. The first-order valence-corrected chi connectivity index (χ1v) is 6.94. The molecule has 0 saturated carbocycles. The summed E-state index contributed by atoms with van der Waals surface area (Å²) in [6.45, 7) is 2.09. The van der Waals surface area contributed by atoms with E-state index in [-0.39, 0.29) is 11.8 Å². The number of rotatable bonds is 6. The van der Waals surface area contributed by atoms with Gasteiger partial charge in [-0.25, -0.2) is 0 Å². The summed E-state index contributed by atoms with van der Waals surface area (Å²) < 4.78 is 0.911. The number of Topliss-reactive ketones (excluding diaryl/α,β-unsaturated/α-hetero) is 1. The Labute approximate surface area is 116 Å². The van der Waals surface area contributed by atoms with Gasteiger partial charge in [-0.2, -0.15) is 0 Å². The fraction of sp³-hybridized carbons (Fsp3) is 0.462. The van der Waals surface area contributed by atoms with E-state index in [0.29, 0.717) is 11.4 Å². The molecule has 0 saturated heterocycles. The van der Waals surface area contributed by atoms with Gasteiger partial charge < -0.3 is 5.73 Å². The Kier molecular flexibility index (Phi) is 6.17. The van der Waals surface area contributed by atoms with Crippen molar-refractivity contribution in [2.45, 2.75) is 38.6 Å². The molecule has 1 atom stereocenters. The quantitative estimate of drug-likeness (QED) is 0.868. The van der Waals surface area contributed by atoms with Gasteiger partial charge in [0.05, 0.1) is 6.04 Å². The minimum absolute atomic E-state index is 0.0580. The van der Waals surface area contributed by atoms with Crippen LogP contribution in [0.1, 0.15) is 31.7 Å². The molecule has 1 aromatic rings. The van der Waals surface area contributed by atoms with Crippen molar-refractivity contribution in [3.05, 3.63) is 33.3 Å². The lowest BCUT2D eigenvalue weighted by molar-refractivity contribution is -0.119. The lowest BCUT2D eigenvalue weighted by atomic mass is 10.0. The topological polar surface area (TPSA) is 43.1 Å². The van der Waals surface area contributed by atoms with Crippen LogP contribution in [0.15, 0.2) is 22.7 Å². The van der Waals surface area contributed by atoms with E-state index in [2.05, 4.69) is 22.9 Å². The zero-order chi connectivity index (χ0) is 12.8. The smallest absolute Gasteiger partial charge is 0.153 e. The maximum atomic E-state index is 11.9. The van der Waals surface area contributed by atoms with E-state index in [1.54, 1.807) is 6.07 Å². The molecule has 0 aromatic heterocycles. The van der Waals surface area contributed by atoms with Gasteiger partial charge in [-0.3, -0.25) is 4.79 Å². The first kappa shape index (κ1) is 14.7. The fourth-order valence-electron chi connectivity index (χ4n) is 1.57. The van der Waals surface area contributed by atoms with Gasteiger partial charge in [0, 0.05) is 15.9 Å². The van der Waals surface area contributed by atoms with Crippen LogP contribution in [0.5, 0.6) is 0 Å². The molecule has 1 rings (SSSR count). The third-order valence-electron chi connectivity index (χ3n) is 2.66. The van der Waals surface area contributed by atoms with Crippen LogP contribution < -0.4 is 5.73 Å². The maximum Gasteiger partial charge on any atom is 0.153 e. The molecule has 0 amide bonds. The number of nitrogens with two attached hydrogens (primary N) is 1. The molecular weight excluding hydrogens is 302 g/mol. The predicted molar refractivity (Wildman–Crippen MR) is 75.4 cm³/mol. The summed E-state index contributed by atoms with van der Waals surface area (Å²) >= 11 is 9.39. The van der Waals surface area contributed by atoms with E-state index in [1.165, 1.54) is 0 Å². The van der Waals surface area contributed by atoms with Crippen LogP contribution in [0.3, 0.4) is 0 Å². The van der Waals surface area contributed by atoms with Gasteiger partial charge in [-0.05, 0) is 24.1 Å². The van der Waals surface area contributed by atoms with E-state index in [4.69, 9.17) is 17.3 Å². The van der Waals surface area contributed by atoms with Crippen LogP contribution in [0.25, 0.3) is 0 Å². The van der Waals surface area contributed by atoms with Crippen molar-refractivity contribution in [1.82, 2.24) is 0 Å². The summed E-state index contributed by atoms with van der Waals surface area (Å²) in [5.41, 5.74) is 6.67. The average Bonchev–Trinajstić information content (AvgIpc) is 2.29. The van der Waals surface area contributed by atoms with E-state index in [9.17, 15) is 4.79 Å². The second-order valence-corrected chi connectivity index (χ2v) is 5.45. The molecule has 0 radical (unpaired) electrons. The number of hydrogen-bond acceptors (Lipinski definition) is 2. The van der Waals surface area contributed by atoms with E-state index in [0.717, 1.165) is 29.3 Å². The van der Waals surface area contributed by atoms with Crippen LogP contribution >= 0.6 is 27.5 Å². The largest absolute Gasteiger partial charge is 0.321 e. The zero-order valence-corrected chi connectivity index (χ0v) is 12.2. The molecule has 1 unspecified atom stereocenters. The van der Waals surface area contributed by atoms with Crippen molar-refractivity contribution in [3.8, 4) is 0 Å². The minimum Gasteiger partial charge on any atom is -0.321 e. The molecule has 0 aliphatic carbocycles. The summed E-state index contributed by atoms with van der Waals surface area (Å²) in [7, 11) is 0. The van der Waals surface area contributed by atoms with Crippen LogP contribution in [0.2, 0.25) is 5.02 Å². The van der Waals surface area contributed by atoms with Gasteiger partial charge in [0.1, 0.15) is 0 Å². The van der Waals surface area contributed by atoms with E-state index >= 15 is 0 Å². The number of ketones is 1. The average molecular weight is 319 g/mol. The standard InChI is InChI=1S/C13H17BrClNO/c1-2-3-4-12(16)13(17)7-9-5-6-10(14)8-11(9)15/h5-6,8,12H,2-4,7,16H2,1H3. The van der Waals surface area contributed by atoms with Gasteiger partial charge in [0.25, 0.3) is 0 Å². The number of unbranched alkanes of at least 4 members (excludes halogenated alkanes) is 1. The molecule has 1 aromatic carbocycles. The fourth-order valence-corrected chi connectivity index (χ4v) is 2.31. The van der Waals surface area contributed by atoms with Crippen molar-refractivity contribution in [3.63, 3.8) is 0 Å². The molecule has 0 bridgehead atoms. The summed E-state index contributed by atoms with van der Waals surface area (Å²) in [6, 6.07) is 5.17. The Morgan fingerprint density at radius 2 is 2.24 bits per heavy atom. The molecule has 2 nitrogen and oxygen atoms in total. The van der Waals surface area contributed by atoms with Crippen LogP contribution in [0.4, 0.5) is 0 Å². The lowest BCUT2D eigenvalue weighted by Crippen LogP contribution is -2.31. The second kappa shape index (κ2) is 7.14. The summed E-state index contributed by atoms with van der Waals surface area (Å²) in [5, 5.41) is 0.607. The van der Waals surface area contributed by atoms with Gasteiger partial charge >= 0.3 is 0 Å². The predicted octanol–water partition coefficient (Wildman–Crippen LogP) is 3.73. The number of halogens is 2. The van der Waals surface area contributed by atoms with Crippen LogP contribution in [-0.4, -0.2) is 11.8 Å². The summed E-state index contributed by atoms with van der Waals surface area (Å²) in [4.78, 5) is 11.9. The second-order valence-electron chi connectivity index (χ2n) is 4.13. The molecule has 0 spiro atoms. The lowest BCUT2D eigenvalue weighted by Gasteiger charge is -2.10. The highest BCUT2D eigenvalue weighted by atomic mass is 79.9. The van der Waals surface area contributed by atoms with E-state index in [1.807, 2.05) is 12.1 Å². The van der Waals surface area contributed by atoms with Crippen molar-refractivity contribution in [2.24, 2.45) is 5.73 Å². The Morgan fingerprint density at radius 3 is 2.82 bits per heavy atom. The molecule has 0 fully saturated rings. The number of carbonyl (C=O) groups is 1. The van der Waals surface area contributed by atoms with Crippen molar-refractivity contribution in [1.29, 1.82) is 0 Å². The highest BCUT2D eigenvalue weighted by Crippen LogP contribution is 2.22. The zero-order valence-electron chi connectivity index (χ0n) is 9.88. The molecule has 4 heteroatoms. The highest BCUT2D eigenvalue weighted by Gasteiger charge is 2.14. The van der Waals surface area contributed by atoms with Crippen LogP contribution in [0, 0.1) is 0 Å². The van der Waals surface area contributed by atoms with Gasteiger partial charge in [-0.1, -0.05) is 53.4 Å². The van der Waals surface area contributed by atoms with Gasteiger partial charge in [-0.15, -0.1) is 0 Å². The summed E-state index contributed by atoms with van der Waals surface area (Å²) in [5.74, 6) is 0.0580. The Bertz CT molecular complexity index is 395. The third-order valence-corrected chi connectivity index (χ3v) is 3.51. The molecule has 94 valence electrons. The normalized spacial score (nSPS) is 12.5. The molecular formula is C13H17BrClNO. The summed E-state index contributed by atoms with van der Waals surface area (Å²) in [6.07, 6.45) is 3.11. The highest BCUT2D eigenvalue weighted by molar-refractivity contribution is 9.10. The molecule has 0 aliphatic rings. The first-order valence-electron chi connectivity index (χ1n) is 5.76. The maximum absolute atomic E-state index is 11.9. The van der Waals surface area contributed by atoms with Crippen molar-refractivity contribution in [2.75, 3.05) is 0 Å². The molecule has 0 heterocycles. The number of benzene rings is 1. The van der Waals surface area contributed by atoms with Gasteiger partial charge in [0.2, 0.25) is 0 Å². The number of carbonyl (C=O) groups excluding carboxylic acids is 1. The van der Waals surface area contributed by atoms with Crippen LogP contribution in [-0.2, 0) is 11.2 Å². The van der Waals surface area contributed by atoms with Crippen molar-refractivity contribution >= 4 is 33.3 Å². The Hall–Kier alpha value is -0.380. The molecule has 0 aliphatic heterocycles. The number of hydrogen-bond donors (Lipinski definition) is 1. The Morgan fingerprint density at radius 1 is 1.53 bits per heavy atom. The van der Waals surface area contributed by atoms with Gasteiger partial charge in [0.15, 0.2) is 5.78 Å². The SMILES string of the molecule is CCCCC(N)C(=O)Cc1ccc(Br)cc1Cl. The monoisotopic (exact) mass is 317 g/mol. The first-order chi connectivity index (χ1) is 8.04. The van der Waals surface area contributed by atoms with Crippen molar-refractivity contribution < 1.29 is 4.79 Å². The third kappa shape index (κ3) is 4.78. The molecule has 17 heavy (non-hydrogen) atoms. The minimum atomic E-state index is -0.366. The van der Waals surface area contributed by atoms with E-state index < -0.39 is 0 Å². The molecule has 2 N–H and O–H groups in total.